The molecule has 3 aromatic rings. The van der Waals surface area contributed by atoms with Gasteiger partial charge in [-0.05, 0) is 30.8 Å². The molecule has 0 saturated carbocycles. The van der Waals surface area contributed by atoms with Gasteiger partial charge in [0, 0.05) is 11.8 Å². The molecule has 0 aliphatic rings. The van der Waals surface area contributed by atoms with Crippen LogP contribution in [0.3, 0.4) is 0 Å². The summed E-state index contributed by atoms with van der Waals surface area (Å²) in [6.07, 6.45) is 2.30. The molecule has 0 radical (unpaired) electrons. The maximum atomic E-state index is 5.96. The highest BCUT2D eigenvalue weighted by Crippen LogP contribution is 2.29. The van der Waals surface area contributed by atoms with Gasteiger partial charge >= 0.3 is 0 Å². The van der Waals surface area contributed by atoms with Crippen molar-refractivity contribution < 1.29 is 0 Å². The zero-order valence-electron chi connectivity index (χ0n) is 11.2. The van der Waals surface area contributed by atoms with E-state index in [1.807, 2.05) is 26.0 Å². The van der Waals surface area contributed by atoms with Gasteiger partial charge in [-0.1, -0.05) is 18.6 Å². The standard InChI is InChI=1S/C13H14N6S/c1-3-11-17-18-13(19(11)14)20-12-9-6-8(2)4-5-10(9)15-7-16-12/h4-7H,3,14H2,1-2H3. The average Bonchev–Trinajstić information content (AvgIpc) is 2.80. The third kappa shape index (κ3) is 2.20. The Kier molecular flexibility index (Phi) is 3.27. The first kappa shape index (κ1) is 12.9. The fourth-order valence-corrected chi connectivity index (χ4v) is 2.76. The Hall–Kier alpha value is -2.15. The third-order valence-electron chi connectivity index (χ3n) is 2.99. The summed E-state index contributed by atoms with van der Waals surface area (Å²) in [7, 11) is 0. The zero-order chi connectivity index (χ0) is 14.1. The average molecular weight is 286 g/mol. The van der Waals surface area contributed by atoms with Gasteiger partial charge in [0.2, 0.25) is 5.16 Å². The van der Waals surface area contributed by atoms with Crippen LogP contribution in [-0.4, -0.2) is 24.8 Å². The fraction of sp³-hybridized carbons (Fsp3) is 0.231. The lowest BCUT2D eigenvalue weighted by atomic mass is 10.2. The number of rotatable bonds is 3. The van der Waals surface area contributed by atoms with Crippen molar-refractivity contribution in [3.05, 3.63) is 35.9 Å². The number of hydrogen-bond acceptors (Lipinski definition) is 6. The third-order valence-corrected chi connectivity index (χ3v) is 3.97. The van der Waals surface area contributed by atoms with Gasteiger partial charge in [0.25, 0.3) is 0 Å². The van der Waals surface area contributed by atoms with E-state index in [0.717, 1.165) is 33.7 Å². The van der Waals surface area contributed by atoms with Gasteiger partial charge in [0.15, 0.2) is 5.82 Å². The summed E-state index contributed by atoms with van der Waals surface area (Å²) in [5, 5.41) is 10.6. The number of aryl methyl sites for hydroxylation is 2. The number of nitrogen functional groups attached to an aromatic ring is 1. The Balaban J connectivity index is 2.06. The van der Waals surface area contributed by atoms with Gasteiger partial charge in [-0.2, -0.15) is 0 Å². The molecular formula is C13H14N6S. The molecule has 0 saturated heterocycles. The maximum Gasteiger partial charge on any atom is 0.216 e. The number of fused-ring (bicyclic) bond motifs is 1. The van der Waals surface area contributed by atoms with Crippen LogP contribution in [0.5, 0.6) is 0 Å². The SMILES string of the molecule is CCc1nnc(Sc2ncnc3ccc(C)cc23)n1N. The highest BCUT2D eigenvalue weighted by molar-refractivity contribution is 7.99. The first-order chi connectivity index (χ1) is 9.69. The zero-order valence-corrected chi connectivity index (χ0v) is 12.1. The molecule has 102 valence electrons. The van der Waals surface area contributed by atoms with E-state index < -0.39 is 0 Å². The summed E-state index contributed by atoms with van der Waals surface area (Å²) < 4.78 is 1.51. The number of hydrogen-bond donors (Lipinski definition) is 1. The minimum absolute atomic E-state index is 0.628. The molecule has 2 N–H and O–H groups in total. The van der Waals surface area contributed by atoms with Crippen LogP contribution in [0.4, 0.5) is 0 Å². The molecule has 2 aromatic heterocycles. The molecule has 3 rings (SSSR count). The second-order valence-corrected chi connectivity index (χ2v) is 5.38. The number of aromatic nitrogens is 5. The summed E-state index contributed by atoms with van der Waals surface area (Å²) in [5.41, 5.74) is 2.07. The molecule has 20 heavy (non-hydrogen) atoms. The minimum Gasteiger partial charge on any atom is -0.336 e. The van der Waals surface area contributed by atoms with Gasteiger partial charge in [0.1, 0.15) is 11.4 Å². The molecule has 0 unspecified atom stereocenters. The molecular weight excluding hydrogens is 272 g/mol. The van der Waals surface area contributed by atoms with Crippen LogP contribution in [0.1, 0.15) is 18.3 Å². The summed E-state index contributed by atoms with van der Waals surface area (Å²) in [6, 6.07) is 6.08. The Morgan fingerprint density at radius 3 is 2.85 bits per heavy atom. The van der Waals surface area contributed by atoms with E-state index in [9.17, 15) is 0 Å². The lowest BCUT2D eigenvalue weighted by Gasteiger charge is -2.05. The highest BCUT2D eigenvalue weighted by Gasteiger charge is 2.13. The summed E-state index contributed by atoms with van der Waals surface area (Å²) in [4.78, 5) is 8.60. The Morgan fingerprint density at radius 1 is 1.25 bits per heavy atom. The van der Waals surface area contributed by atoms with Crippen LogP contribution < -0.4 is 5.84 Å². The fourth-order valence-electron chi connectivity index (χ4n) is 1.93. The number of benzene rings is 1. The van der Waals surface area contributed by atoms with Crippen LogP contribution in [0, 0.1) is 6.92 Å². The molecule has 1 aromatic carbocycles. The first-order valence-electron chi connectivity index (χ1n) is 6.27. The van der Waals surface area contributed by atoms with Gasteiger partial charge in [-0.15, -0.1) is 10.2 Å². The van der Waals surface area contributed by atoms with Crippen molar-refractivity contribution in [1.29, 1.82) is 0 Å². The summed E-state index contributed by atoms with van der Waals surface area (Å²) in [6.45, 7) is 4.03. The van der Waals surface area contributed by atoms with Crippen molar-refractivity contribution in [2.24, 2.45) is 0 Å². The van der Waals surface area contributed by atoms with Crippen molar-refractivity contribution in [3.8, 4) is 0 Å². The number of nitrogens with two attached hydrogens (primary N) is 1. The van der Waals surface area contributed by atoms with Gasteiger partial charge in [-0.3, -0.25) is 0 Å². The van der Waals surface area contributed by atoms with E-state index in [-0.39, 0.29) is 0 Å². The van der Waals surface area contributed by atoms with Crippen LogP contribution in [0.25, 0.3) is 10.9 Å². The predicted octanol–water partition coefficient (Wildman–Crippen LogP) is 1.96. The first-order valence-corrected chi connectivity index (χ1v) is 7.09. The topological polar surface area (TPSA) is 82.5 Å². The van der Waals surface area contributed by atoms with E-state index in [0.29, 0.717) is 5.16 Å². The van der Waals surface area contributed by atoms with E-state index in [4.69, 9.17) is 5.84 Å². The molecule has 2 heterocycles. The van der Waals surface area contributed by atoms with Gasteiger partial charge < -0.3 is 5.84 Å². The normalized spacial score (nSPS) is 11.1. The highest BCUT2D eigenvalue weighted by atomic mass is 32.2. The second kappa shape index (κ2) is 5.09. The predicted molar refractivity (Wildman–Crippen MR) is 77.9 cm³/mol. The Morgan fingerprint density at radius 2 is 2.10 bits per heavy atom. The number of nitrogens with zero attached hydrogens (tertiary/aromatic N) is 5. The van der Waals surface area contributed by atoms with Crippen molar-refractivity contribution in [2.75, 3.05) is 5.84 Å². The quantitative estimate of drug-likeness (QED) is 0.585. The van der Waals surface area contributed by atoms with E-state index >= 15 is 0 Å². The Labute approximate surface area is 120 Å². The van der Waals surface area contributed by atoms with Gasteiger partial charge in [0.05, 0.1) is 5.52 Å². The smallest absolute Gasteiger partial charge is 0.216 e. The monoisotopic (exact) mass is 286 g/mol. The van der Waals surface area contributed by atoms with E-state index in [1.54, 1.807) is 6.33 Å². The second-order valence-electron chi connectivity index (χ2n) is 4.42. The molecule has 0 amide bonds. The Bertz CT molecular complexity index is 767. The van der Waals surface area contributed by atoms with Crippen molar-refractivity contribution >= 4 is 22.7 Å². The van der Waals surface area contributed by atoms with Crippen molar-refractivity contribution in [1.82, 2.24) is 24.8 Å². The summed E-state index contributed by atoms with van der Waals surface area (Å²) >= 11 is 1.40. The molecule has 0 atom stereocenters. The van der Waals surface area contributed by atoms with Crippen molar-refractivity contribution in [3.63, 3.8) is 0 Å². The lowest BCUT2D eigenvalue weighted by Crippen LogP contribution is -2.13. The molecule has 7 heteroatoms. The van der Waals surface area contributed by atoms with Crippen LogP contribution in [-0.2, 0) is 6.42 Å². The van der Waals surface area contributed by atoms with Crippen LogP contribution in [0.15, 0.2) is 34.7 Å². The molecule has 0 fully saturated rings. The van der Waals surface area contributed by atoms with Crippen LogP contribution in [0.2, 0.25) is 0 Å². The summed E-state index contributed by atoms with van der Waals surface area (Å²) in [5.74, 6) is 6.71. The largest absolute Gasteiger partial charge is 0.336 e. The van der Waals surface area contributed by atoms with E-state index in [2.05, 4.69) is 26.2 Å². The minimum atomic E-state index is 0.628. The van der Waals surface area contributed by atoms with Crippen molar-refractivity contribution in [2.45, 2.75) is 30.5 Å². The molecule has 0 aliphatic carbocycles. The maximum absolute atomic E-state index is 5.96. The molecule has 0 bridgehead atoms. The molecule has 6 nitrogen and oxygen atoms in total. The molecule has 0 aliphatic heterocycles. The van der Waals surface area contributed by atoms with Crippen LogP contribution >= 0.6 is 11.8 Å². The van der Waals surface area contributed by atoms with Gasteiger partial charge in [-0.25, -0.2) is 14.6 Å². The molecule has 0 spiro atoms. The lowest BCUT2D eigenvalue weighted by molar-refractivity contribution is 0.795. The van der Waals surface area contributed by atoms with E-state index in [1.165, 1.54) is 16.4 Å².